The van der Waals surface area contributed by atoms with E-state index in [0.29, 0.717) is 22.3 Å². The van der Waals surface area contributed by atoms with Crippen molar-refractivity contribution in [1.29, 1.82) is 0 Å². The number of benzene rings is 2. The van der Waals surface area contributed by atoms with Crippen LogP contribution < -0.4 is 5.32 Å². The molecule has 3 nitrogen and oxygen atoms in total. The van der Waals surface area contributed by atoms with E-state index in [0.717, 1.165) is 12.1 Å². The molecular formula is C20H15F3N2O. The summed E-state index contributed by atoms with van der Waals surface area (Å²) in [7, 11) is 0. The number of carbonyl (C=O) groups is 1. The van der Waals surface area contributed by atoms with Crippen LogP contribution >= 0.6 is 0 Å². The number of halogens is 3. The minimum Gasteiger partial charge on any atom is -0.348 e. The van der Waals surface area contributed by atoms with Crippen LogP contribution in [0.3, 0.4) is 0 Å². The summed E-state index contributed by atoms with van der Waals surface area (Å²) in [6, 6.07) is 15.6. The lowest BCUT2D eigenvalue weighted by Crippen LogP contribution is -2.23. The Morgan fingerprint density at radius 1 is 1.00 bits per heavy atom. The van der Waals surface area contributed by atoms with Crippen LogP contribution in [-0.2, 0) is 12.7 Å². The van der Waals surface area contributed by atoms with Gasteiger partial charge in [0.15, 0.2) is 0 Å². The predicted octanol–water partition coefficient (Wildman–Crippen LogP) is 4.70. The molecule has 0 unspecified atom stereocenters. The van der Waals surface area contributed by atoms with Crippen LogP contribution in [-0.4, -0.2) is 10.9 Å². The van der Waals surface area contributed by atoms with E-state index < -0.39 is 11.7 Å². The van der Waals surface area contributed by atoms with Crippen LogP contribution in [0.4, 0.5) is 13.2 Å². The van der Waals surface area contributed by atoms with E-state index in [1.54, 1.807) is 48.7 Å². The summed E-state index contributed by atoms with van der Waals surface area (Å²) in [6.07, 6.45) is -1.44. The van der Waals surface area contributed by atoms with Gasteiger partial charge in [-0.25, -0.2) is 0 Å². The molecule has 0 saturated carbocycles. The van der Waals surface area contributed by atoms with Gasteiger partial charge in [0.25, 0.3) is 5.91 Å². The van der Waals surface area contributed by atoms with Gasteiger partial charge in [-0.05, 0) is 41.0 Å². The molecule has 1 aromatic heterocycles. The molecule has 0 saturated heterocycles. The number of amides is 1. The number of hydrogen-bond acceptors (Lipinski definition) is 2. The van der Waals surface area contributed by atoms with E-state index in [2.05, 4.69) is 10.3 Å². The standard InChI is InChI=1S/C20H15F3N2O/c21-20(22,23)17-9-8-15(18(11-17)14-5-2-1-3-6-14)13-25-19(26)16-7-4-10-24-12-16/h1-12H,13H2,(H,25,26). The summed E-state index contributed by atoms with van der Waals surface area (Å²) in [5.41, 5.74) is 1.36. The second kappa shape index (κ2) is 7.39. The number of aromatic nitrogens is 1. The maximum atomic E-state index is 13.1. The first-order valence-corrected chi connectivity index (χ1v) is 7.89. The quantitative estimate of drug-likeness (QED) is 0.736. The molecule has 0 spiro atoms. The lowest BCUT2D eigenvalue weighted by atomic mass is 9.97. The zero-order valence-corrected chi connectivity index (χ0v) is 13.6. The maximum Gasteiger partial charge on any atom is 0.416 e. The van der Waals surface area contributed by atoms with Crippen LogP contribution in [0.5, 0.6) is 0 Å². The van der Waals surface area contributed by atoms with Crippen LogP contribution in [0.2, 0.25) is 0 Å². The number of rotatable bonds is 4. The topological polar surface area (TPSA) is 42.0 Å². The molecule has 3 rings (SSSR count). The Morgan fingerprint density at radius 3 is 2.42 bits per heavy atom. The van der Waals surface area contributed by atoms with Crippen molar-refractivity contribution in [2.75, 3.05) is 0 Å². The van der Waals surface area contributed by atoms with Crippen molar-refractivity contribution < 1.29 is 18.0 Å². The first kappa shape index (κ1) is 17.7. The molecule has 0 fully saturated rings. The molecule has 132 valence electrons. The maximum absolute atomic E-state index is 13.1. The van der Waals surface area contributed by atoms with Gasteiger partial charge in [0.2, 0.25) is 0 Å². The van der Waals surface area contributed by atoms with Gasteiger partial charge in [0.1, 0.15) is 0 Å². The summed E-state index contributed by atoms with van der Waals surface area (Å²) in [5.74, 6) is -0.336. The molecule has 26 heavy (non-hydrogen) atoms. The Morgan fingerprint density at radius 2 is 1.77 bits per heavy atom. The first-order valence-electron chi connectivity index (χ1n) is 7.89. The van der Waals surface area contributed by atoms with Gasteiger partial charge >= 0.3 is 6.18 Å². The van der Waals surface area contributed by atoms with Crippen molar-refractivity contribution in [3.05, 3.63) is 89.7 Å². The van der Waals surface area contributed by atoms with E-state index in [1.807, 2.05) is 0 Å². The third-order valence-electron chi connectivity index (χ3n) is 3.89. The fraction of sp³-hybridized carbons (Fsp3) is 0.100. The zero-order chi connectivity index (χ0) is 18.6. The van der Waals surface area contributed by atoms with Crippen molar-refractivity contribution in [1.82, 2.24) is 10.3 Å². The minimum absolute atomic E-state index is 0.107. The molecule has 3 aromatic rings. The summed E-state index contributed by atoms with van der Waals surface area (Å²) >= 11 is 0. The molecule has 0 aliphatic heterocycles. The van der Waals surface area contributed by atoms with Gasteiger partial charge in [-0.2, -0.15) is 13.2 Å². The van der Waals surface area contributed by atoms with Crippen LogP contribution in [0.25, 0.3) is 11.1 Å². The van der Waals surface area contributed by atoms with Crippen LogP contribution in [0, 0.1) is 0 Å². The average molecular weight is 356 g/mol. The smallest absolute Gasteiger partial charge is 0.348 e. The van der Waals surface area contributed by atoms with E-state index in [9.17, 15) is 18.0 Å². The fourth-order valence-corrected chi connectivity index (χ4v) is 2.57. The Bertz CT molecular complexity index is 894. The molecule has 6 heteroatoms. The molecule has 0 aliphatic carbocycles. The van der Waals surface area contributed by atoms with Gasteiger partial charge in [0, 0.05) is 18.9 Å². The minimum atomic E-state index is -4.43. The lowest BCUT2D eigenvalue weighted by Gasteiger charge is -2.15. The van der Waals surface area contributed by atoms with Gasteiger partial charge in [-0.3, -0.25) is 9.78 Å². The summed E-state index contributed by atoms with van der Waals surface area (Å²) in [6.45, 7) is 0.107. The summed E-state index contributed by atoms with van der Waals surface area (Å²) in [4.78, 5) is 16.0. The Labute approximate surface area is 148 Å². The number of nitrogens with zero attached hydrogens (tertiary/aromatic N) is 1. The molecule has 0 atom stereocenters. The Kier molecular flexibility index (Phi) is 5.02. The SMILES string of the molecule is O=C(NCc1ccc(C(F)(F)F)cc1-c1ccccc1)c1cccnc1. The molecule has 2 aromatic carbocycles. The molecule has 0 bridgehead atoms. The average Bonchev–Trinajstić information content (AvgIpc) is 2.66. The lowest BCUT2D eigenvalue weighted by molar-refractivity contribution is -0.137. The normalized spacial score (nSPS) is 11.2. The van der Waals surface area contributed by atoms with E-state index in [4.69, 9.17) is 0 Å². The molecule has 1 N–H and O–H groups in total. The van der Waals surface area contributed by atoms with Crippen molar-refractivity contribution in [3.8, 4) is 11.1 Å². The highest BCUT2D eigenvalue weighted by molar-refractivity contribution is 5.93. The second-order valence-electron chi connectivity index (χ2n) is 5.66. The first-order chi connectivity index (χ1) is 12.4. The van der Waals surface area contributed by atoms with Crippen LogP contribution in [0.1, 0.15) is 21.5 Å². The number of alkyl halides is 3. The molecule has 1 heterocycles. The highest BCUT2D eigenvalue weighted by Crippen LogP contribution is 2.34. The molecular weight excluding hydrogens is 341 g/mol. The summed E-state index contributed by atoms with van der Waals surface area (Å²) < 4.78 is 39.2. The third-order valence-corrected chi connectivity index (χ3v) is 3.89. The van der Waals surface area contributed by atoms with Crippen molar-refractivity contribution in [2.45, 2.75) is 12.7 Å². The van der Waals surface area contributed by atoms with Crippen molar-refractivity contribution >= 4 is 5.91 Å². The molecule has 0 radical (unpaired) electrons. The number of pyridine rings is 1. The van der Waals surface area contributed by atoms with Crippen molar-refractivity contribution in [3.63, 3.8) is 0 Å². The number of carbonyl (C=O) groups excluding carboxylic acids is 1. The van der Waals surface area contributed by atoms with E-state index in [1.165, 1.54) is 12.3 Å². The highest BCUT2D eigenvalue weighted by Gasteiger charge is 2.31. The second-order valence-corrected chi connectivity index (χ2v) is 5.66. The van der Waals surface area contributed by atoms with E-state index in [-0.39, 0.29) is 12.5 Å². The molecule has 0 aliphatic rings. The highest BCUT2D eigenvalue weighted by atomic mass is 19.4. The fourth-order valence-electron chi connectivity index (χ4n) is 2.57. The predicted molar refractivity (Wildman–Crippen MR) is 92.3 cm³/mol. The Balaban J connectivity index is 1.90. The largest absolute Gasteiger partial charge is 0.416 e. The third kappa shape index (κ3) is 4.08. The van der Waals surface area contributed by atoms with Crippen LogP contribution in [0.15, 0.2) is 73.1 Å². The van der Waals surface area contributed by atoms with Gasteiger partial charge < -0.3 is 5.32 Å². The van der Waals surface area contributed by atoms with Gasteiger partial charge in [-0.15, -0.1) is 0 Å². The number of nitrogens with one attached hydrogen (secondary N) is 1. The Hall–Kier alpha value is -3.15. The molecule has 1 amide bonds. The summed E-state index contributed by atoms with van der Waals surface area (Å²) in [5, 5.41) is 2.72. The van der Waals surface area contributed by atoms with Gasteiger partial charge in [-0.1, -0.05) is 36.4 Å². The van der Waals surface area contributed by atoms with E-state index >= 15 is 0 Å². The van der Waals surface area contributed by atoms with Gasteiger partial charge in [0.05, 0.1) is 11.1 Å². The number of hydrogen-bond donors (Lipinski definition) is 1. The van der Waals surface area contributed by atoms with Crippen molar-refractivity contribution in [2.24, 2.45) is 0 Å². The zero-order valence-electron chi connectivity index (χ0n) is 13.6. The monoisotopic (exact) mass is 356 g/mol.